The zero-order chi connectivity index (χ0) is 18.6. The van der Waals surface area contributed by atoms with Gasteiger partial charge in [0.2, 0.25) is 0 Å². The van der Waals surface area contributed by atoms with E-state index in [9.17, 15) is 4.79 Å². The van der Waals surface area contributed by atoms with E-state index >= 15 is 0 Å². The molecule has 1 aliphatic carbocycles. The van der Waals surface area contributed by atoms with E-state index in [4.69, 9.17) is 14.5 Å². The number of aryl methyl sites for hydroxylation is 2. The van der Waals surface area contributed by atoms with Gasteiger partial charge in [0.1, 0.15) is 19.0 Å². The van der Waals surface area contributed by atoms with Gasteiger partial charge in [-0.2, -0.15) is 0 Å². The molecule has 4 rings (SSSR count). The second-order valence-corrected chi connectivity index (χ2v) is 6.89. The molecular formula is C23H23NO3. The van der Waals surface area contributed by atoms with Crippen LogP contribution in [0.5, 0.6) is 5.75 Å². The van der Waals surface area contributed by atoms with E-state index in [1.165, 1.54) is 0 Å². The molecule has 0 spiro atoms. The summed E-state index contributed by atoms with van der Waals surface area (Å²) >= 11 is 0. The van der Waals surface area contributed by atoms with Crippen LogP contribution in [-0.2, 0) is 17.6 Å². The molecule has 0 saturated carbocycles. The molecule has 0 atom stereocenters. The van der Waals surface area contributed by atoms with Gasteiger partial charge < -0.3 is 9.47 Å². The van der Waals surface area contributed by atoms with E-state index in [1.54, 1.807) is 0 Å². The smallest absolute Gasteiger partial charge is 0.339 e. The van der Waals surface area contributed by atoms with E-state index in [2.05, 4.69) is 0 Å². The summed E-state index contributed by atoms with van der Waals surface area (Å²) in [6.07, 6.45) is 4.02. The standard InChI is InChI=1S/C23H23NO3/c1-16-8-2-7-13-21(16)26-14-15-27-23(25)22-17-9-3-5-11-19(17)24-20-12-6-4-10-18(20)22/h2-3,5,7-9,11,13H,4,6,10,12,14-15H2,1H3. The molecular weight excluding hydrogens is 338 g/mol. The first-order valence-corrected chi connectivity index (χ1v) is 9.50. The number of carbonyl (C=O) groups is 1. The van der Waals surface area contributed by atoms with Crippen molar-refractivity contribution in [2.45, 2.75) is 32.6 Å². The van der Waals surface area contributed by atoms with Crippen LogP contribution >= 0.6 is 0 Å². The monoisotopic (exact) mass is 361 g/mol. The van der Waals surface area contributed by atoms with Gasteiger partial charge in [-0.15, -0.1) is 0 Å². The average molecular weight is 361 g/mol. The average Bonchev–Trinajstić information content (AvgIpc) is 2.70. The highest BCUT2D eigenvalue weighted by Crippen LogP contribution is 2.29. The Hall–Kier alpha value is -2.88. The first-order valence-electron chi connectivity index (χ1n) is 9.50. The normalized spacial score (nSPS) is 13.2. The molecule has 4 nitrogen and oxygen atoms in total. The fourth-order valence-electron chi connectivity index (χ4n) is 3.68. The molecule has 0 amide bonds. The van der Waals surface area contributed by atoms with Crippen LogP contribution in [0, 0.1) is 6.92 Å². The summed E-state index contributed by atoms with van der Waals surface area (Å²) in [4.78, 5) is 17.7. The lowest BCUT2D eigenvalue weighted by Gasteiger charge is -2.20. The van der Waals surface area contributed by atoms with Gasteiger partial charge in [0.15, 0.2) is 0 Å². The number of nitrogens with zero attached hydrogens (tertiary/aromatic N) is 1. The third-order valence-electron chi connectivity index (χ3n) is 5.04. The molecule has 138 valence electrons. The molecule has 3 aromatic rings. The quantitative estimate of drug-likeness (QED) is 0.490. The van der Waals surface area contributed by atoms with Gasteiger partial charge in [-0.3, -0.25) is 4.98 Å². The highest BCUT2D eigenvalue weighted by molar-refractivity contribution is 6.05. The fourth-order valence-corrected chi connectivity index (χ4v) is 3.68. The number of pyridine rings is 1. The summed E-state index contributed by atoms with van der Waals surface area (Å²) in [6.45, 7) is 2.55. The number of aromatic nitrogens is 1. The number of rotatable bonds is 5. The molecule has 0 N–H and O–H groups in total. The Labute approximate surface area is 159 Å². The largest absolute Gasteiger partial charge is 0.490 e. The van der Waals surface area contributed by atoms with Crippen molar-refractivity contribution in [3.8, 4) is 5.75 Å². The molecule has 1 aromatic heterocycles. The number of fused-ring (bicyclic) bond motifs is 2. The summed E-state index contributed by atoms with van der Waals surface area (Å²) in [6, 6.07) is 15.6. The zero-order valence-corrected chi connectivity index (χ0v) is 15.5. The maximum atomic E-state index is 12.9. The van der Waals surface area contributed by atoms with Crippen LogP contribution in [0.25, 0.3) is 10.9 Å². The van der Waals surface area contributed by atoms with Crippen LogP contribution in [0.15, 0.2) is 48.5 Å². The van der Waals surface area contributed by atoms with Crippen LogP contribution in [0.2, 0.25) is 0 Å². The van der Waals surface area contributed by atoms with Crippen LogP contribution < -0.4 is 4.74 Å². The van der Waals surface area contributed by atoms with E-state index < -0.39 is 0 Å². The van der Waals surface area contributed by atoms with Crippen molar-refractivity contribution in [3.05, 3.63) is 70.9 Å². The molecule has 4 heteroatoms. The van der Waals surface area contributed by atoms with Gasteiger partial charge in [-0.1, -0.05) is 36.4 Å². The Morgan fingerprint density at radius 1 is 1.00 bits per heavy atom. The number of ether oxygens (including phenoxy) is 2. The van der Waals surface area contributed by atoms with Crippen molar-refractivity contribution in [2.24, 2.45) is 0 Å². The number of hydrogen-bond acceptors (Lipinski definition) is 4. The van der Waals surface area contributed by atoms with Crippen molar-refractivity contribution in [1.29, 1.82) is 0 Å². The molecule has 0 radical (unpaired) electrons. The predicted molar refractivity (Wildman–Crippen MR) is 105 cm³/mol. The third kappa shape index (κ3) is 3.65. The number of para-hydroxylation sites is 2. The van der Waals surface area contributed by atoms with Crippen molar-refractivity contribution < 1.29 is 14.3 Å². The topological polar surface area (TPSA) is 48.4 Å². The Morgan fingerprint density at radius 3 is 2.67 bits per heavy atom. The highest BCUT2D eigenvalue weighted by atomic mass is 16.6. The third-order valence-corrected chi connectivity index (χ3v) is 5.04. The molecule has 1 aliphatic rings. The van der Waals surface area contributed by atoms with Crippen LogP contribution in [0.4, 0.5) is 0 Å². The molecule has 1 heterocycles. The lowest BCUT2D eigenvalue weighted by molar-refractivity contribution is 0.0450. The Balaban J connectivity index is 1.51. The van der Waals surface area contributed by atoms with Gasteiger partial charge in [-0.25, -0.2) is 4.79 Å². The molecule has 0 aliphatic heterocycles. The van der Waals surface area contributed by atoms with Gasteiger partial charge >= 0.3 is 5.97 Å². The zero-order valence-electron chi connectivity index (χ0n) is 15.5. The Kier molecular flexibility index (Phi) is 5.05. The second-order valence-electron chi connectivity index (χ2n) is 6.89. The first kappa shape index (κ1) is 17.5. The number of carbonyl (C=O) groups excluding carboxylic acids is 1. The van der Waals surface area contributed by atoms with Crippen molar-refractivity contribution in [3.63, 3.8) is 0 Å². The Morgan fingerprint density at radius 2 is 1.78 bits per heavy atom. The molecule has 2 aromatic carbocycles. The van der Waals surface area contributed by atoms with Crippen LogP contribution in [0.3, 0.4) is 0 Å². The summed E-state index contributed by atoms with van der Waals surface area (Å²) in [5.74, 6) is 0.542. The van der Waals surface area contributed by atoms with E-state index in [0.29, 0.717) is 12.2 Å². The predicted octanol–water partition coefficient (Wildman–Crippen LogP) is 4.66. The summed E-state index contributed by atoms with van der Waals surface area (Å²) < 4.78 is 11.3. The lowest BCUT2D eigenvalue weighted by Crippen LogP contribution is -2.18. The van der Waals surface area contributed by atoms with Crippen LogP contribution in [-0.4, -0.2) is 24.2 Å². The molecule has 0 unspecified atom stereocenters. The molecule has 0 bridgehead atoms. The van der Waals surface area contributed by atoms with Gasteiger partial charge in [0.05, 0.1) is 11.1 Å². The molecule has 0 saturated heterocycles. The fraction of sp³-hybridized carbons (Fsp3) is 0.304. The summed E-state index contributed by atoms with van der Waals surface area (Å²) in [7, 11) is 0. The molecule has 27 heavy (non-hydrogen) atoms. The Bertz CT molecular complexity index is 981. The first-order chi connectivity index (χ1) is 13.2. The maximum Gasteiger partial charge on any atom is 0.339 e. The number of esters is 1. The van der Waals surface area contributed by atoms with E-state index in [-0.39, 0.29) is 12.6 Å². The summed E-state index contributed by atoms with van der Waals surface area (Å²) in [5.41, 5.74) is 4.72. The highest BCUT2D eigenvalue weighted by Gasteiger charge is 2.23. The molecule has 0 fully saturated rings. The SMILES string of the molecule is Cc1ccccc1OCCOC(=O)c1c2c(nc3ccccc13)CCCC2. The minimum atomic E-state index is -0.278. The van der Waals surface area contributed by atoms with E-state index in [1.807, 2.05) is 55.5 Å². The van der Waals surface area contributed by atoms with Crippen molar-refractivity contribution in [1.82, 2.24) is 4.98 Å². The van der Waals surface area contributed by atoms with Gasteiger partial charge in [0.25, 0.3) is 0 Å². The minimum Gasteiger partial charge on any atom is -0.490 e. The van der Waals surface area contributed by atoms with Crippen LogP contribution in [0.1, 0.15) is 40.0 Å². The van der Waals surface area contributed by atoms with Gasteiger partial charge in [-0.05, 0) is 55.9 Å². The summed E-state index contributed by atoms with van der Waals surface area (Å²) in [5, 5.41) is 0.878. The lowest BCUT2D eigenvalue weighted by atomic mass is 9.90. The number of benzene rings is 2. The van der Waals surface area contributed by atoms with Gasteiger partial charge in [0, 0.05) is 11.1 Å². The van der Waals surface area contributed by atoms with Crippen molar-refractivity contribution in [2.75, 3.05) is 13.2 Å². The number of hydrogen-bond donors (Lipinski definition) is 0. The van der Waals surface area contributed by atoms with E-state index in [0.717, 1.165) is 59.2 Å². The van der Waals surface area contributed by atoms with Crippen molar-refractivity contribution >= 4 is 16.9 Å². The maximum absolute atomic E-state index is 12.9. The minimum absolute atomic E-state index is 0.221. The second kappa shape index (κ2) is 7.78.